The number of nitrogens with zero attached hydrogens (tertiary/aromatic N) is 3. The third kappa shape index (κ3) is 2.98. The van der Waals surface area contributed by atoms with Crippen molar-refractivity contribution in [2.24, 2.45) is 23.7 Å². The molecule has 1 aromatic rings. The highest BCUT2D eigenvalue weighted by atomic mass is 32.1. The minimum atomic E-state index is -0.0250. The van der Waals surface area contributed by atoms with Crippen molar-refractivity contribution in [3.8, 4) is 0 Å². The standard InChI is InChI=1S/C16H22N4O2S/c21-14(18-16-19-17-9-23-16)11-3-5-20(6-4-11)15(22)13-8-10-1-2-12(13)7-10/h9-13H,1-8H2,(H,18,19,21)/t10-,12-,13+/m0/s1. The molecule has 4 rings (SSSR count). The summed E-state index contributed by atoms with van der Waals surface area (Å²) in [5, 5.41) is 10.9. The number of aromatic nitrogens is 2. The smallest absolute Gasteiger partial charge is 0.229 e. The van der Waals surface area contributed by atoms with Gasteiger partial charge in [-0.15, -0.1) is 10.2 Å². The van der Waals surface area contributed by atoms with Crippen LogP contribution in [0.25, 0.3) is 0 Å². The molecule has 3 atom stereocenters. The van der Waals surface area contributed by atoms with Gasteiger partial charge in [-0.25, -0.2) is 0 Å². The monoisotopic (exact) mass is 334 g/mol. The molecule has 124 valence electrons. The van der Waals surface area contributed by atoms with Crippen molar-refractivity contribution in [2.45, 2.75) is 38.5 Å². The summed E-state index contributed by atoms with van der Waals surface area (Å²) in [7, 11) is 0. The van der Waals surface area contributed by atoms with Crippen molar-refractivity contribution in [3.05, 3.63) is 5.51 Å². The van der Waals surface area contributed by atoms with Gasteiger partial charge in [0.2, 0.25) is 16.9 Å². The Morgan fingerprint density at radius 2 is 2.00 bits per heavy atom. The molecule has 1 saturated heterocycles. The lowest BCUT2D eigenvalue weighted by Crippen LogP contribution is -2.45. The van der Waals surface area contributed by atoms with Crippen LogP contribution >= 0.6 is 11.3 Å². The van der Waals surface area contributed by atoms with Crippen molar-refractivity contribution < 1.29 is 9.59 Å². The number of carbonyl (C=O) groups excluding carboxylic acids is 2. The summed E-state index contributed by atoms with van der Waals surface area (Å²) in [5.41, 5.74) is 1.60. The van der Waals surface area contributed by atoms with E-state index in [1.807, 2.05) is 4.90 Å². The van der Waals surface area contributed by atoms with Crippen LogP contribution in [-0.4, -0.2) is 40.0 Å². The van der Waals surface area contributed by atoms with Crippen LogP contribution in [0.3, 0.4) is 0 Å². The fraction of sp³-hybridized carbons (Fsp3) is 0.750. The van der Waals surface area contributed by atoms with Gasteiger partial charge in [-0.05, 0) is 43.9 Å². The highest BCUT2D eigenvalue weighted by Crippen LogP contribution is 2.49. The Kier molecular flexibility index (Phi) is 4.05. The highest BCUT2D eigenvalue weighted by molar-refractivity contribution is 7.13. The Morgan fingerprint density at radius 3 is 2.61 bits per heavy atom. The summed E-state index contributed by atoms with van der Waals surface area (Å²) in [6, 6.07) is 0. The fourth-order valence-electron chi connectivity index (χ4n) is 4.58. The molecule has 6 nitrogen and oxygen atoms in total. The van der Waals surface area contributed by atoms with Crippen LogP contribution in [0.4, 0.5) is 5.13 Å². The van der Waals surface area contributed by atoms with Crippen LogP contribution in [0.2, 0.25) is 0 Å². The summed E-state index contributed by atoms with van der Waals surface area (Å²) in [4.78, 5) is 27.0. The largest absolute Gasteiger partial charge is 0.342 e. The highest BCUT2D eigenvalue weighted by Gasteiger charge is 2.44. The Labute approximate surface area is 139 Å². The zero-order valence-corrected chi connectivity index (χ0v) is 13.9. The lowest BCUT2D eigenvalue weighted by Gasteiger charge is -2.34. The van der Waals surface area contributed by atoms with Gasteiger partial charge in [0.15, 0.2) is 0 Å². The molecule has 1 aromatic heterocycles. The third-order valence-corrected chi connectivity index (χ3v) is 6.43. The van der Waals surface area contributed by atoms with E-state index in [2.05, 4.69) is 15.5 Å². The predicted octanol–water partition coefficient (Wildman–Crippen LogP) is 2.15. The lowest BCUT2D eigenvalue weighted by molar-refractivity contribution is -0.140. The number of carbonyl (C=O) groups is 2. The van der Waals surface area contributed by atoms with E-state index < -0.39 is 0 Å². The normalized spacial score (nSPS) is 30.6. The molecule has 2 amide bonds. The molecule has 23 heavy (non-hydrogen) atoms. The van der Waals surface area contributed by atoms with E-state index in [0.29, 0.717) is 30.0 Å². The molecule has 0 aromatic carbocycles. The molecule has 2 bridgehead atoms. The first kappa shape index (κ1) is 15.1. The summed E-state index contributed by atoms with van der Waals surface area (Å²) < 4.78 is 0. The van der Waals surface area contributed by atoms with E-state index in [1.54, 1.807) is 5.51 Å². The fourth-order valence-corrected chi connectivity index (χ4v) is 5.03. The predicted molar refractivity (Wildman–Crippen MR) is 86.8 cm³/mol. The number of rotatable bonds is 3. The average Bonchev–Trinajstić information content (AvgIpc) is 3.32. The number of nitrogens with one attached hydrogen (secondary N) is 1. The van der Waals surface area contributed by atoms with E-state index in [4.69, 9.17) is 0 Å². The SMILES string of the molecule is O=C(Nc1nncs1)C1CCN(C(=O)[C@@H]2C[C@H]3CC[C@H]2C3)CC1. The molecule has 2 aliphatic carbocycles. The van der Waals surface area contributed by atoms with Gasteiger partial charge < -0.3 is 10.2 Å². The van der Waals surface area contributed by atoms with Crippen LogP contribution in [0, 0.1) is 23.7 Å². The minimum absolute atomic E-state index is 0.00812. The number of hydrogen-bond acceptors (Lipinski definition) is 5. The zero-order chi connectivity index (χ0) is 15.8. The number of amides is 2. The first-order valence-electron chi connectivity index (χ1n) is 8.56. The van der Waals surface area contributed by atoms with Crippen LogP contribution in [-0.2, 0) is 9.59 Å². The molecule has 0 unspecified atom stereocenters. The van der Waals surface area contributed by atoms with Crippen LogP contribution in [0.15, 0.2) is 5.51 Å². The van der Waals surface area contributed by atoms with Gasteiger partial charge in [0.1, 0.15) is 5.51 Å². The maximum Gasteiger partial charge on any atom is 0.229 e. The molecular formula is C16H22N4O2S. The second-order valence-corrected chi connectivity index (χ2v) is 7.95. The molecule has 7 heteroatoms. The molecule has 2 heterocycles. The number of likely N-dealkylation sites (tertiary alicyclic amines) is 1. The van der Waals surface area contributed by atoms with E-state index in [9.17, 15) is 9.59 Å². The van der Waals surface area contributed by atoms with E-state index in [0.717, 1.165) is 25.2 Å². The number of anilines is 1. The van der Waals surface area contributed by atoms with Crippen molar-refractivity contribution in [2.75, 3.05) is 18.4 Å². The van der Waals surface area contributed by atoms with Crippen LogP contribution in [0.1, 0.15) is 38.5 Å². The van der Waals surface area contributed by atoms with Crippen LogP contribution in [0.5, 0.6) is 0 Å². The van der Waals surface area contributed by atoms with Crippen molar-refractivity contribution in [1.29, 1.82) is 0 Å². The molecule has 1 N–H and O–H groups in total. The number of fused-ring (bicyclic) bond motifs is 2. The lowest BCUT2D eigenvalue weighted by atomic mass is 9.86. The Morgan fingerprint density at radius 1 is 1.17 bits per heavy atom. The van der Waals surface area contributed by atoms with E-state index >= 15 is 0 Å². The van der Waals surface area contributed by atoms with E-state index in [-0.39, 0.29) is 17.7 Å². The number of piperidine rings is 1. The molecule has 2 saturated carbocycles. The van der Waals surface area contributed by atoms with Gasteiger partial charge in [0, 0.05) is 24.9 Å². The molecule has 1 aliphatic heterocycles. The first-order chi connectivity index (χ1) is 11.2. The molecule has 3 fully saturated rings. The second kappa shape index (κ2) is 6.19. The van der Waals surface area contributed by atoms with Crippen LogP contribution < -0.4 is 5.32 Å². The summed E-state index contributed by atoms with van der Waals surface area (Å²) in [5.74, 6) is 2.02. The van der Waals surface area contributed by atoms with E-state index in [1.165, 1.54) is 30.6 Å². The third-order valence-electron chi connectivity index (χ3n) is 5.82. The Balaban J connectivity index is 1.29. The molecular weight excluding hydrogens is 312 g/mol. The van der Waals surface area contributed by atoms with Crippen molar-refractivity contribution >= 4 is 28.3 Å². The topological polar surface area (TPSA) is 75.2 Å². The first-order valence-corrected chi connectivity index (χ1v) is 9.44. The molecule has 3 aliphatic rings. The maximum atomic E-state index is 12.7. The maximum absolute atomic E-state index is 12.7. The summed E-state index contributed by atoms with van der Waals surface area (Å²) in [6.45, 7) is 1.42. The van der Waals surface area contributed by atoms with Gasteiger partial charge in [-0.1, -0.05) is 17.8 Å². The summed E-state index contributed by atoms with van der Waals surface area (Å²) >= 11 is 1.33. The summed E-state index contributed by atoms with van der Waals surface area (Å²) in [6.07, 6.45) is 6.41. The van der Waals surface area contributed by atoms with Gasteiger partial charge >= 0.3 is 0 Å². The zero-order valence-electron chi connectivity index (χ0n) is 13.1. The Hall–Kier alpha value is -1.50. The van der Waals surface area contributed by atoms with Gasteiger partial charge in [0.25, 0.3) is 0 Å². The van der Waals surface area contributed by atoms with Crippen molar-refractivity contribution in [1.82, 2.24) is 15.1 Å². The molecule has 0 radical (unpaired) electrons. The average molecular weight is 334 g/mol. The van der Waals surface area contributed by atoms with Gasteiger partial charge in [-0.3, -0.25) is 9.59 Å². The second-order valence-electron chi connectivity index (χ2n) is 7.11. The molecule has 0 spiro atoms. The number of hydrogen-bond donors (Lipinski definition) is 1. The quantitative estimate of drug-likeness (QED) is 0.919. The van der Waals surface area contributed by atoms with Gasteiger partial charge in [0.05, 0.1) is 0 Å². The minimum Gasteiger partial charge on any atom is -0.342 e. The Bertz CT molecular complexity index is 583. The van der Waals surface area contributed by atoms with Crippen molar-refractivity contribution in [3.63, 3.8) is 0 Å². The van der Waals surface area contributed by atoms with Gasteiger partial charge in [-0.2, -0.15) is 0 Å².